The molecule has 2 N–H and O–H groups in total. The lowest BCUT2D eigenvalue weighted by atomic mass is 10.0. The van der Waals surface area contributed by atoms with Crippen molar-refractivity contribution in [1.82, 2.24) is 20.2 Å². The topological polar surface area (TPSA) is 78.9 Å². The number of rotatable bonds is 2. The molecule has 3 aromatic rings. The first-order chi connectivity index (χ1) is 12.9. The van der Waals surface area contributed by atoms with E-state index in [1.165, 1.54) is 23.9 Å². The molecule has 1 aromatic carbocycles. The van der Waals surface area contributed by atoms with Crippen LogP contribution >= 0.6 is 11.8 Å². The number of aromatic nitrogens is 4. The summed E-state index contributed by atoms with van der Waals surface area (Å²) in [6.07, 6.45) is -0.927. The highest BCUT2D eigenvalue weighted by Gasteiger charge is 2.30. The van der Waals surface area contributed by atoms with E-state index in [2.05, 4.69) is 30.5 Å². The zero-order chi connectivity index (χ0) is 19.2. The van der Waals surface area contributed by atoms with Gasteiger partial charge in [0.2, 0.25) is 0 Å². The lowest BCUT2D eigenvalue weighted by molar-refractivity contribution is -0.137. The molecule has 0 bridgehead atoms. The fourth-order valence-corrected chi connectivity index (χ4v) is 3.04. The molecule has 6 nitrogen and oxygen atoms in total. The maximum Gasteiger partial charge on any atom is 0.416 e. The molecule has 1 aliphatic heterocycles. The van der Waals surface area contributed by atoms with Gasteiger partial charge in [0.1, 0.15) is 11.5 Å². The second-order valence-corrected chi connectivity index (χ2v) is 6.60. The molecule has 4 rings (SSSR count). The van der Waals surface area contributed by atoms with Gasteiger partial charge in [0.25, 0.3) is 0 Å². The van der Waals surface area contributed by atoms with E-state index in [-0.39, 0.29) is 0 Å². The fourth-order valence-electron chi connectivity index (χ4n) is 2.70. The number of hydrogen-bond donors (Lipinski definition) is 2. The molecule has 138 valence electrons. The van der Waals surface area contributed by atoms with Crippen LogP contribution in [-0.4, -0.2) is 32.1 Å². The van der Waals surface area contributed by atoms with Gasteiger partial charge in [-0.1, -0.05) is 23.9 Å². The van der Waals surface area contributed by atoms with E-state index in [0.717, 1.165) is 17.8 Å². The van der Waals surface area contributed by atoms with Gasteiger partial charge >= 0.3 is 6.18 Å². The summed E-state index contributed by atoms with van der Waals surface area (Å²) in [6, 6.07) is 4.87. The van der Waals surface area contributed by atoms with E-state index in [9.17, 15) is 13.2 Å². The summed E-state index contributed by atoms with van der Waals surface area (Å²) in [4.78, 5) is 13.4. The van der Waals surface area contributed by atoms with Gasteiger partial charge in [0, 0.05) is 11.8 Å². The van der Waals surface area contributed by atoms with E-state index < -0.39 is 11.7 Å². The average Bonchev–Trinajstić information content (AvgIpc) is 2.89. The molecule has 0 atom stereocenters. The molecular formula is C17H13F3N6S. The van der Waals surface area contributed by atoms with Crippen LogP contribution in [0.4, 0.5) is 30.5 Å². The Morgan fingerprint density at radius 2 is 1.81 bits per heavy atom. The lowest BCUT2D eigenvalue weighted by Gasteiger charge is -2.11. The molecule has 0 saturated carbocycles. The number of benzene rings is 1. The zero-order valence-corrected chi connectivity index (χ0v) is 15.0. The van der Waals surface area contributed by atoms with Crippen LogP contribution in [0.2, 0.25) is 0 Å². The maximum absolute atomic E-state index is 12.9. The molecule has 3 heterocycles. The van der Waals surface area contributed by atoms with Crippen LogP contribution in [0.1, 0.15) is 22.4 Å². The van der Waals surface area contributed by atoms with Crippen molar-refractivity contribution < 1.29 is 13.2 Å². The Kier molecular flexibility index (Phi) is 4.14. The lowest BCUT2D eigenvalue weighted by Crippen LogP contribution is -2.10. The van der Waals surface area contributed by atoms with Crippen LogP contribution in [0.3, 0.4) is 0 Å². The molecule has 0 radical (unpaired) electrons. The number of H-pyrrole nitrogens is 1. The third-order valence-corrected chi connectivity index (χ3v) is 4.63. The van der Waals surface area contributed by atoms with Crippen LogP contribution in [0.25, 0.3) is 0 Å². The molecule has 0 spiro atoms. The predicted molar refractivity (Wildman–Crippen MR) is 97.2 cm³/mol. The Morgan fingerprint density at radius 3 is 2.48 bits per heavy atom. The van der Waals surface area contributed by atoms with E-state index >= 15 is 0 Å². The van der Waals surface area contributed by atoms with Crippen molar-refractivity contribution in [2.75, 3.05) is 11.6 Å². The second-order valence-electron chi connectivity index (χ2n) is 5.83. The molecule has 0 saturated heterocycles. The van der Waals surface area contributed by atoms with Gasteiger partial charge in [-0.3, -0.25) is 5.10 Å². The summed E-state index contributed by atoms with van der Waals surface area (Å²) >= 11 is 1.38. The zero-order valence-electron chi connectivity index (χ0n) is 14.2. The monoisotopic (exact) mass is 390 g/mol. The van der Waals surface area contributed by atoms with Crippen molar-refractivity contribution >= 4 is 34.8 Å². The number of thioether (sulfide) groups is 1. The van der Waals surface area contributed by atoms with E-state index in [4.69, 9.17) is 0 Å². The van der Waals surface area contributed by atoms with Crippen molar-refractivity contribution in [3.05, 3.63) is 52.8 Å². The summed E-state index contributed by atoms with van der Waals surface area (Å²) in [6.45, 7) is 1.82. The van der Waals surface area contributed by atoms with E-state index in [0.29, 0.717) is 39.3 Å². The van der Waals surface area contributed by atoms with Crippen molar-refractivity contribution in [3.8, 4) is 0 Å². The minimum Gasteiger partial charge on any atom is -0.321 e. The smallest absolute Gasteiger partial charge is 0.321 e. The Labute approximate surface area is 156 Å². The van der Waals surface area contributed by atoms with Gasteiger partial charge in [0.15, 0.2) is 11.0 Å². The Balaban J connectivity index is 1.90. The predicted octanol–water partition coefficient (Wildman–Crippen LogP) is 4.47. The number of nitrogens with one attached hydrogen (secondary N) is 2. The molecule has 0 aliphatic carbocycles. The maximum atomic E-state index is 12.9. The third-order valence-electron chi connectivity index (χ3n) is 4.07. The Morgan fingerprint density at radius 1 is 1.07 bits per heavy atom. The Bertz CT molecular complexity index is 1040. The van der Waals surface area contributed by atoms with Crippen LogP contribution in [0, 0.1) is 6.92 Å². The average molecular weight is 390 g/mol. The third kappa shape index (κ3) is 3.16. The van der Waals surface area contributed by atoms with Gasteiger partial charge in [-0.15, -0.1) is 0 Å². The van der Waals surface area contributed by atoms with Gasteiger partial charge in [-0.25, -0.2) is 15.0 Å². The summed E-state index contributed by atoms with van der Waals surface area (Å²) in [7, 11) is 0. The van der Waals surface area contributed by atoms with Crippen molar-refractivity contribution in [1.29, 1.82) is 0 Å². The summed E-state index contributed by atoms with van der Waals surface area (Å²) in [5.41, 5.74) is 2.18. The molecule has 1 aliphatic rings. The molecule has 0 fully saturated rings. The number of alkyl halides is 3. The fraction of sp³-hybridized carbons (Fsp3) is 0.176. The van der Waals surface area contributed by atoms with Crippen LogP contribution in [-0.2, 0) is 6.18 Å². The van der Waals surface area contributed by atoms with Gasteiger partial charge in [-0.05, 0) is 25.3 Å². The highest BCUT2D eigenvalue weighted by Crippen LogP contribution is 2.36. The van der Waals surface area contributed by atoms with Gasteiger partial charge < -0.3 is 5.32 Å². The molecule has 27 heavy (non-hydrogen) atoms. The molecular weight excluding hydrogens is 377 g/mol. The van der Waals surface area contributed by atoms with E-state index in [1.807, 2.05) is 13.2 Å². The number of fused-ring (bicyclic) bond motifs is 2. The summed E-state index contributed by atoms with van der Waals surface area (Å²) < 4.78 is 38.6. The number of aliphatic imine (C=N–C) groups is 1. The standard InChI is InChI=1S/C17H13F3N6S/c1-8-12-15(26-25-8)23-14-11(7-21-16(24-14)27-2)13(22-12)9-3-5-10(6-4-9)17(18,19)20/h3-7H,1-2H3,(H2,21,23,24,25,26). The first kappa shape index (κ1) is 17.5. The molecule has 0 unspecified atom stereocenters. The highest BCUT2D eigenvalue weighted by molar-refractivity contribution is 7.98. The van der Waals surface area contributed by atoms with Crippen LogP contribution in [0.15, 0.2) is 40.6 Å². The number of hydrogen-bond acceptors (Lipinski definition) is 6. The minimum atomic E-state index is -4.39. The first-order valence-electron chi connectivity index (χ1n) is 7.86. The van der Waals surface area contributed by atoms with Gasteiger partial charge in [-0.2, -0.15) is 18.3 Å². The highest BCUT2D eigenvalue weighted by atomic mass is 32.2. The van der Waals surface area contributed by atoms with E-state index in [1.54, 1.807) is 6.20 Å². The van der Waals surface area contributed by atoms with Gasteiger partial charge in [0.05, 0.1) is 22.5 Å². The number of aromatic amines is 1. The SMILES string of the molecule is CSc1ncc2c(n1)Nc1n[nH]c(C)c1N=C2c1ccc(C(F)(F)F)cc1. The van der Waals surface area contributed by atoms with Crippen molar-refractivity contribution in [2.45, 2.75) is 18.3 Å². The summed E-state index contributed by atoms with van der Waals surface area (Å²) in [5.74, 6) is 1.000. The first-order valence-corrected chi connectivity index (χ1v) is 9.09. The van der Waals surface area contributed by atoms with Crippen LogP contribution < -0.4 is 5.32 Å². The molecule has 10 heteroatoms. The largest absolute Gasteiger partial charge is 0.416 e. The summed E-state index contributed by atoms with van der Waals surface area (Å²) in [5, 5.41) is 10.7. The number of anilines is 2. The van der Waals surface area contributed by atoms with Crippen molar-refractivity contribution in [2.24, 2.45) is 4.99 Å². The van der Waals surface area contributed by atoms with Crippen molar-refractivity contribution in [3.63, 3.8) is 0 Å². The number of aryl methyl sites for hydroxylation is 1. The Hall–Kier alpha value is -2.88. The minimum absolute atomic E-state index is 0.474. The molecule has 0 amide bonds. The molecule has 2 aromatic heterocycles. The number of halogens is 3. The normalized spacial score (nSPS) is 13.3. The quantitative estimate of drug-likeness (QED) is 0.390. The van der Waals surface area contributed by atoms with Crippen LogP contribution in [0.5, 0.6) is 0 Å². The second kappa shape index (κ2) is 6.38. The number of nitrogens with zero attached hydrogens (tertiary/aromatic N) is 4.